The Labute approximate surface area is 154 Å². The Morgan fingerprint density at radius 3 is 2.96 bits per heavy atom. The van der Waals surface area contributed by atoms with Gasteiger partial charge < -0.3 is 15.1 Å². The van der Waals surface area contributed by atoms with Crippen LogP contribution in [0, 0.1) is 6.92 Å². The summed E-state index contributed by atoms with van der Waals surface area (Å²) < 4.78 is 0. The van der Waals surface area contributed by atoms with Gasteiger partial charge in [0.2, 0.25) is 0 Å². The summed E-state index contributed by atoms with van der Waals surface area (Å²) >= 11 is 1.69. The van der Waals surface area contributed by atoms with Crippen LogP contribution in [0.25, 0.3) is 0 Å². The van der Waals surface area contributed by atoms with Crippen LogP contribution in [0.5, 0.6) is 0 Å². The van der Waals surface area contributed by atoms with E-state index in [0.29, 0.717) is 6.04 Å². The maximum absolute atomic E-state index is 4.53. The summed E-state index contributed by atoms with van der Waals surface area (Å²) in [5.41, 5.74) is 3.92. The van der Waals surface area contributed by atoms with Crippen molar-refractivity contribution >= 4 is 23.0 Å². The maximum Gasteiger partial charge on any atom is 0.193 e. The van der Waals surface area contributed by atoms with Crippen LogP contribution in [0.3, 0.4) is 0 Å². The molecule has 0 amide bonds. The van der Waals surface area contributed by atoms with Crippen molar-refractivity contribution in [3.8, 4) is 0 Å². The number of aromatic nitrogens is 1. The first-order chi connectivity index (χ1) is 12.1. The zero-order chi connectivity index (χ0) is 17.8. The second-order valence-electron chi connectivity index (χ2n) is 6.56. The molecular weight excluding hydrogens is 330 g/mol. The van der Waals surface area contributed by atoms with E-state index in [0.717, 1.165) is 42.7 Å². The van der Waals surface area contributed by atoms with Gasteiger partial charge in [-0.3, -0.25) is 4.99 Å². The van der Waals surface area contributed by atoms with Gasteiger partial charge in [-0.15, -0.1) is 11.3 Å². The van der Waals surface area contributed by atoms with Crippen LogP contribution in [0.15, 0.2) is 34.6 Å². The fourth-order valence-electron chi connectivity index (χ4n) is 3.44. The molecule has 0 spiro atoms. The van der Waals surface area contributed by atoms with E-state index in [1.165, 1.54) is 11.3 Å². The van der Waals surface area contributed by atoms with Crippen LogP contribution >= 0.6 is 11.3 Å². The van der Waals surface area contributed by atoms with Crippen LogP contribution in [-0.2, 0) is 13.0 Å². The normalized spacial score (nSPS) is 16.9. The van der Waals surface area contributed by atoms with Gasteiger partial charge in [0, 0.05) is 44.3 Å². The quantitative estimate of drug-likeness (QED) is 0.660. The third kappa shape index (κ3) is 4.12. The molecule has 3 rings (SSSR count). The SMILES string of the molecule is CN=C(NCCN1c2ccccc2CC1C)N(C)Cc1csc(C)n1. The van der Waals surface area contributed by atoms with Gasteiger partial charge in [-0.25, -0.2) is 4.98 Å². The molecule has 1 unspecified atom stereocenters. The second-order valence-corrected chi connectivity index (χ2v) is 7.63. The summed E-state index contributed by atoms with van der Waals surface area (Å²) in [4.78, 5) is 13.5. The molecule has 1 aliphatic rings. The molecular formula is C19H27N5S. The summed E-state index contributed by atoms with van der Waals surface area (Å²) in [6, 6.07) is 9.27. The number of anilines is 1. The van der Waals surface area contributed by atoms with E-state index in [2.05, 4.69) is 68.7 Å². The summed E-state index contributed by atoms with van der Waals surface area (Å²) in [7, 11) is 3.89. The van der Waals surface area contributed by atoms with Gasteiger partial charge in [0.1, 0.15) is 0 Å². The van der Waals surface area contributed by atoms with Crippen molar-refractivity contribution < 1.29 is 0 Å². The van der Waals surface area contributed by atoms with Crippen molar-refractivity contribution in [2.45, 2.75) is 32.9 Å². The Hall–Kier alpha value is -2.08. The van der Waals surface area contributed by atoms with Gasteiger partial charge in [0.05, 0.1) is 17.2 Å². The van der Waals surface area contributed by atoms with E-state index in [9.17, 15) is 0 Å². The molecule has 0 radical (unpaired) electrons. The minimum absolute atomic E-state index is 0.553. The minimum Gasteiger partial charge on any atom is -0.367 e. The first-order valence-electron chi connectivity index (χ1n) is 8.76. The van der Waals surface area contributed by atoms with Crippen molar-refractivity contribution in [1.29, 1.82) is 0 Å². The number of nitrogens with zero attached hydrogens (tertiary/aromatic N) is 4. The highest BCUT2D eigenvalue weighted by Gasteiger charge is 2.24. The number of aliphatic imine (C=N–C) groups is 1. The number of hydrogen-bond donors (Lipinski definition) is 1. The van der Waals surface area contributed by atoms with E-state index in [-0.39, 0.29) is 0 Å². The Morgan fingerprint density at radius 1 is 1.44 bits per heavy atom. The van der Waals surface area contributed by atoms with E-state index in [1.54, 1.807) is 11.3 Å². The predicted molar refractivity (Wildman–Crippen MR) is 107 cm³/mol. The zero-order valence-corrected chi connectivity index (χ0v) is 16.3. The van der Waals surface area contributed by atoms with Gasteiger partial charge in [-0.1, -0.05) is 18.2 Å². The number of hydrogen-bond acceptors (Lipinski definition) is 4. The Kier molecular flexibility index (Phi) is 5.58. The molecule has 0 bridgehead atoms. The third-order valence-electron chi connectivity index (χ3n) is 4.62. The fraction of sp³-hybridized carbons (Fsp3) is 0.474. The van der Waals surface area contributed by atoms with Gasteiger partial charge >= 0.3 is 0 Å². The van der Waals surface area contributed by atoms with Crippen molar-refractivity contribution in [3.05, 3.63) is 45.9 Å². The number of rotatable bonds is 5. The first-order valence-corrected chi connectivity index (χ1v) is 9.63. The van der Waals surface area contributed by atoms with E-state index in [1.807, 2.05) is 14.0 Å². The van der Waals surface area contributed by atoms with Crippen LogP contribution in [0.4, 0.5) is 5.69 Å². The van der Waals surface area contributed by atoms with Crippen LogP contribution in [0.1, 0.15) is 23.2 Å². The maximum atomic E-state index is 4.53. The number of guanidine groups is 1. The average Bonchev–Trinajstić information content (AvgIpc) is 3.14. The van der Waals surface area contributed by atoms with Crippen molar-refractivity contribution in [2.75, 3.05) is 32.1 Å². The lowest BCUT2D eigenvalue weighted by Crippen LogP contribution is -2.43. The molecule has 134 valence electrons. The molecule has 0 saturated carbocycles. The summed E-state index contributed by atoms with van der Waals surface area (Å²) in [5.74, 6) is 0.908. The Balaban J connectivity index is 1.53. The van der Waals surface area contributed by atoms with Gasteiger partial charge in [-0.2, -0.15) is 0 Å². The first kappa shape index (κ1) is 17.7. The molecule has 6 heteroatoms. The zero-order valence-electron chi connectivity index (χ0n) is 15.5. The third-order valence-corrected chi connectivity index (χ3v) is 5.45. The van der Waals surface area contributed by atoms with E-state index in [4.69, 9.17) is 0 Å². The summed E-state index contributed by atoms with van der Waals surface area (Å²) in [6.45, 7) is 6.95. The molecule has 25 heavy (non-hydrogen) atoms. The lowest BCUT2D eigenvalue weighted by molar-refractivity contribution is 0.470. The Bertz CT molecular complexity index is 739. The second kappa shape index (κ2) is 7.87. The Morgan fingerprint density at radius 2 is 2.24 bits per heavy atom. The predicted octanol–water partition coefficient (Wildman–Crippen LogP) is 2.91. The molecule has 0 saturated heterocycles. The van der Waals surface area contributed by atoms with Crippen molar-refractivity contribution in [3.63, 3.8) is 0 Å². The molecule has 2 aromatic rings. The van der Waals surface area contributed by atoms with E-state index < -0.39 is 0 Å². The average molecular weight is 358 g/mol. The lowest BCUT2D eigenvalue weighted by Gasteiger charge is -2.27. The van der Waals surface area contributed by atoms with Crippen LogP contribution in [-0.4, -0.2) is 49.1 Å². The topological polar surface area (TPSA) is 43.8 Å². The van der Waals surface area contributed by atoms with Gasteiger partial charge in [0.15, 0.2) is 5.96 Å². The molecule has 2 heterocycles. The van der Waals surface area contributed by atoms with E-state index >= 15 is 0 Å². The molecule has 1 N–H and O–H groups in total. The molecule has 1 aromatic carbocycles. The summed E-state index contributed by atoms with van der Waals surface area (Å²) in [5, 5.41) is 6.70. The lowest BCUT2D eigenvalue weighted by atomic mass is 10.1. The molecule has 1 atom stereocenters. The standard InChI is InChI=1S/C19H27N5S/c1-14-11-16-7-5-6-8-18(16)24(14)10-9-21-19(20-3)23(4)12-17-13-25-15(2)22-17/h5-8,13-14H,9-12H2,1-4H3,(H,20,21). The van der Waals surface area contributed by atoms with Crippen LogP contribution in [0.2, 0.25) is 0 Å². The highest BCUT2D eigenvalue weighted by Crippen LogP contribution is 2.31. The molecule has 1 aromatic heterocycles. The van der Waals surface area contributed by atoms with Gasteiger partial charge in [-0.05, 0) is 31.9 Å². The fourth-order valence-corrected chi connectivity index (χ4v) is 4.05. The summed E-state index contributed by atoms with van der Waals surface area (Å²) in [6.07, 6.45) is 1.13. The molecule has 5 nitrogen and oxygen atoms in total. The number of fused-ring (bicyclic) bond motifs is 1. The molecule has 1 aliphatic heterocycles. The molecule has 0 fully saturated rings. The van der Waals surface area contributed by atoms with Crippen LogP contribution < -0.4 is 10.2 Å². The van der Waals surface area contributed by atoms with Gasteiger partial charge in [0.25, 0.3) is 0 Å². The number of nitrogens with one attached hydrogen (secondary N) is 1. The number of para-hydroxylation sites is 1. The smallest absolute Gasteiger partial charge is 0.193 e. The van der Waals surface area contributed by atoms with Crippen molar-refractivity contribution in [1.82, 2.24) is 15.2 Å². The number of thiazole rings is 1. The highest BCUT2D eigenvalue weighted by atomic mass is 32.1. The highest BCUT2D eigenvalue weighted by molar-refractivity contribution is 7.09. The number of aryl methyl sites for hydroxylation is 1. The van der Waals surface area contributed by atoms with Crippen molar-refractivity contribution in [2.24, 2.45) is 4.99 Å². The minimum atomic E-state index is 0.553. The molecule has 0 aliphatic carbocycles. The number of benzene rings is 1. The monoisotopic (exact) mass is 357 g/mol. The largest absolute Gasteiger partial charge is 0.367 e.